The molecule has 0 spiro atoms. The average molecular weight is 217 g/mol. The lowest BCUT2D eigenvalue weighted by atomic mass is 10.2. The molecule has 0 unspecified atom stereocenters. The number of pyridine rings is 1. The largest absolute Gasteiger partial charge is 0.366 e. The molecule has 2 N–H and O–H groups in total. The van der Waals surface area contributed by atoms with E-state index in [2.05, 4.69) is 4.98 Å². The Morgan fingerprint density at radius 3 is 2.38 bits per heavy atom. The number of primary amides is 1. The van der Waals surface area contributed by atoms with E-state index in [1.807, 2.05) is 0 Å². The fraction of sp³-hybridized carbons (Fsp3) is 0. The van der Waals surface area contributed by atoms with Crippen molar-refractivity contribution < 1.29 is 4.79 Å². The summed E-state index contributed by atoms with van der Waals surface area (Å²) in [6, 6.07) is 3.15. The predicted molar refractivity (Wildman–Crippen MR) is 52.5 cm³/mol. The highest BCUT2D eigenvalue weighted by molar-refractivity contribution is 6.32. The topological polar surface area (TPSA) is 56.0 Å². The number of hydrogen-bond acceptors (Lipinski definition) is 2. The van der Waals surface area contributed by atoms with Crippen molar-refractivity contribution in [2.45, 2.75) is 0 Å². The molecule has 0 saturated carbocycles. The van der Waals surface area contributed by atoms with Gasteiger partial charge in [-0.2, -0.15) is 0 Å². The zero-order chi connectivity index (χ0) is 9.84. The van der Waals surface area contributed by atoms with Crippen molar-refractivity contribution >= 4 is 35.2 Å². The summed E-state index contributed by atoms with van der Waals surface area (Å²) in [5.74, 6) is -0.524. The third kappa shape index (κ3) is 3.44. The van der Waals surface area contributed by atoms with Gasteiger partial charge in [-0.25, -0.2) is 4.98 Å². The van der Waals surface area contributed by atoms with Gasteiger partial charge in [-0.3, -0.25) is 4.79 Å². The van der Waals surface area contributed by atoms with Gasteiger partial charge in [0, 0.05) is 6.08 Å². The molecule has 0 fully saturated rings. The number of halogens is 2. The van der Waals surface area contributed by atoms with E-state index in [0.29, 0.717) is 5.56 Å². The first-order valence-electron chi connectivity index (χ1n) is 3.38. The Labute approximate surface area is 85.2 Å². The maximum Gasteiger partial charge on any atom is 0.241 e. The zero-order valence-electron chi connectivity index (χ0n) is 6.50. The van der Waals surface area contributed by atoms with Crippen LogP contribution in [0.5, 0.6) is 0 Å². The van der Waals surface area contributed by atoms with Crippen LogP contribution in [-0.4, -0.2) is 10.9 Å². The van der Waals surface area contributed by atoms with Crippen LogP contribution in [-0.2, 0) is 4.79 Å². The first kappa shape index (κ1) is 10.0. The van der Waals surface area contributed by atoms with Crippen molar-refractivity contribution in [1.82, 2.24) is 4.98 Å². The molecule has 1 aromatic rings. The van der Waals surface area contributed by atoms with Crippen molar-refractivity contribution in [3.8, 4) is 0 Å². The summed E-state index contributed by atoms with van der Waals surface area (Å²) in [7, 11) is 0. The lowest BCUT2D eigenvalue weighted by Gasteiger charge is -1.95. The fourth-order valence-corrected chi connectivity index (χ4v) is 1.24. The van der Waals surface area contributed by atoms with Crippen molar-refractivity contribution in [2.24, 2.45) is 5.73 Å². The second-order valence-electron chi connectivity index (χ2n) is 2.28. The predicted octanol–water partition coefficient (Wildman–Crippen LogP) is 1.89. The van der Waals surface area contributed by atoms with Crippen LogP contribution in [0.15, 0.2) is 18.2 Å². The Kier molecular flexibility index (Phi) is 3.28. The standard InChI is InChI=1S/C8H6Cl2N2O/c9-6-3-5(1-2-8(11)13)4-7(10)12-6/h1-4H,(H2,11,13)/b2-1-. The molecule has 0 atom stereocenters. The summed E-state index contributed by atoms with van der Waals surface area (Å²) in [5, 5.41) is 0.549. The van der Waals surface area contributed by atoms with Crippen molar-refractivity contribution in [3.63, 3.8) is 0 Å². The smallest absolute Gasteiger partial charge is 0.241 e. The molecule has 1 heterocycles. The van der Waals surface area contributed by atoms with Crippen LogP contribution in [0.4, 0.5) is 0 Å². The molecule has 1 amide bonds. The molecule has 0 saturated heterocycles. The third-order valence-electron chi connectivity index (χ3n) is 1.23. The molecule has 0 aliphatic carbocycles. The number of nitrogens with two attached hydrogens (primary N) is 1. The minimum Gasteiger partial charge on any atom is -0.366 e. The highest BCUT2D eigenvalue weighted by Crippen LogP contribution is 2.15. The number of carbonyl (C=O) groups excluding carboxylic acids is 1. The fourth-order valence-electron chi connectivity index (χ4n) is 0.758. The molecule has 0 aromatic carbocycles. The van der Waals surface area contributed by atoms with Gasteiger partial charge in [0.05, 0.1) is 0 Å². The third-order valence-corrected chi connectivity index (χ3v) is 1.61. The summed E-state index contributed by atoms with van der Waals surface area (Å²) in [5.41, 5.74) is 5.59. The normalized spacial score (nSPS) is 10.6. The zero-order valence-corrected chi connectivity index (χ0v) is 8.01. The Morgan fingerprint density at radius 1 is 1.38 bits per heavy atom. The number of amides is 1. The molecule has 0 bridgehead atoms. The van der Waals surface area contributed by atoms with Crippen LogP contribution in [0.1, 0.15) is 5.56 Å². The Morgan fingerprint density at radius 2 is 1.92 bits per heavy atom. The highest BCUT2D eigenvalue weighted by Gasteiger charge is 1.96. The van der Waals surface area contributed by atoms with E-state index in [1.54, 1.807) is 12.1 Å². The Hall–Kier alpha value is -1.06. The molecule has 3 nitrogen and oxygen atoms in total. The van der Waals surface area contributed by atoms with E-state index in [0.717, 1.165) is 0 Å². The van der Waals surface area contributed by atoms with Crippen LogP contribution in [0.25, 0.3) is 6.08 Å². The van der Waals surface area contributed by atoms with E-state index >= 15 is 0 Å². The Bertz CT molecular complexity index is 343. The first-order valence-corrected chi connectivity index (χ1v) is 4.14. The second-order valence-corrected chi connectivity index (χ2v) is 3.06. The molecule has 0 radical (unpaired) electrons. The van der Waals surface area contributed by atoms with Crippen LogP contribution < -0.4 is 5.73 Å². The van der Waals surface area contributed by atoms with Gasteiger partial charge in [0.15, 0.2) is 0 Å². The maximum atomic E-state index is 10.4. The van der Waals surface area contributed by atoms with Crippen LogP contribution >= 0.6 is 23.2 Å². The Balaban J connectivity index is 2.95. The number of nitrogens with zero attached hydrogens (tertiary/aromatic N) is 1. The molecular formula is C8H6Cl2N2O. The van der Waals surface area contributed by atoms with Gasteiger partial charge in [-0.15, -0.1) is 0 Å². The van der Waals surface area contributed by atoms with Crippen molar-refractivity contribution in [2.75, 3.05) is 0 Å². The summed E-state index contributed by atoms with van der Waals surface area (Å²) in [4.78, 5) is 14.1. The van der Waals surface area contributed by atoms with Crippen LogP contribution in [0.3, 0.4) is 0 Å². The molecule has 68 valence electrons. The van der Waals surface area contributed by atoms with Gasteiger partial charge in [0.25, 0.3) is 0 Å². The lowest BCUT2D eigenvalue weighted by Crippen LogP contribution is -2.05. The first-order chi connectivity index (χ1) is 6.08. The second kappa shape index (κ2) is 4.25. The van der Waals surface area contributed by atoms with Gasteiger partial charge < -0.3 is 5.73 Å². The van der Waals surface area contributed by atoms with Gasteiger partial charge in [0.1, 0.15) is 10.3 Å². The molecular weight excluding hydrogens is 211 g/mol. The van der Waals surface area contributed by atoms with Crippen LogP contribution in [0, 0.1) is 0 Å². The van der Waals surface area contributed by atoms with Gasteiger partial charge in [0.2, 0.25) is 5.91 Å². The van der Waals surface area contributed by atoms with Gasteiger partial charge >= 0.3 is 0 Å². The lowest BCUT2D eigenvalue weighted by molar-refractivity contribution is -0.113. The number of aromatic nitrogens is 1. The van der Waals surface area contributed by atoms with Crippen molar-refractivity contribution in [3.05, 3.63) is 34.1 Å². The molecule has 0 aliphatic heterocycles. The minimum atomic E-state index is -0.524. The molecule has 5 heteroatoms. The number of rotatable bonds is 2. The van der Waals surface area contributed by atoms with E-state index in [-0.39, 0.29) is 10.3 Å². The maximum absolute atomic E-state index is 10.4. The van der Waals surface area contributed by atoms with E-state index in [1.165, 1.54) is 12.2 Å². The summed E-state index contributed by atoms with van der Waals surface area (Å²) < 4.78 is 0. The van der Waals surface area contributed by atoms with E-state index in [4.69, 9.17) is 28.9 Å². The molecule has 13 heavy (non-hydrogen) atoms. The van der Waals surface area contributed by atoms with Crippen molar-refractivity contribution in [1.29, 1.82) is 0 Å². The highest BCUT2D eigenvalue weighted by atomic mass is 35.5. The van der Waals surface area contributed by atoms with Gasteiger partial charge in [-0.1, -0.05) is 23.2 Å². The van der Waals surface area contributed by atoms with E-state index < -0.39 is 5.91 Å². The number of carbonyl (C=O) groups is 1. The summed E-state index contributed by atoms with van der Waals surface area (Å²) >= 11 is 11.2. The van der Waals surface area contributed by atoms with E-state index in [9.17, 15) is 4.79 Å². The monoisotopic (exact) mass is 216 g/mol. The minimum absolute atomic E-state index is 0.275. The summed E-state index contributed by atoms with van der Waals surface area (Å²) in [6.07, 6.45) is 2.74. The van der Waals surface area contributed by atoms with Gasteiger partial charge in [-0.05, 0) is 23.8 Å². The molecule has 0 aliphatic rings. The summed E-state index contributed by atoms with van der Waals surface area (Å²) in [6.45, 7) is 0. The van der Waals surface area contributed by atoms with Crippen LogP contribution in [0.2, 0.25) is 10.3 Å². The molecule has 1 rings (SSSR count). The average Bonchev–Trinajstić information content (AvgIpc) is 1.99. The molecule has 1 aromatic heterocycles. The number of hydrogen-bond donors (Lipinski definition) is 1. The quantitative estimate of drug-likeness (QED) is 0.607. The SMILES string of the molecule is NC(=O)/C=C\c1cc(Cl)nc(Cl)c1.